The Balaban J connectivity index is 2.25. The zero-order valence-corrected chi connectivity index (χ0v) is 9.31. The minimum Gasteiger partial charge on any atom is -0.333 e. The van der Waals surface area contributed by atoms with E-state index >= 15 is 0 Å². The lowest BCUT2D eigenvalue weighted by Crippen LogP contribution is -2.16. The van der Waals surface area contributed by atoms with Crippen molar-refractivity contribution >= 4 is 11.5 Å². The molecule has 0 spiro atoms. The van der Waals surface area contributed by atoms with Crippen LogP contribution < -0.4 is 5.73 Å². The van der Waals surface area contributed by atoms with Crippen molar-refractivity contribution in [1.29, 1.82) is 0 Å². The molecule has 0 aliphatic carbocycles. The monoisotopic (exact) mass is 223 g/mol. The summed E-state index contributed by atoms with van der Waals surface area (Å²) in [5, 5.41) is 3.78. The van der Waals surface area contributed by atoms with Crippen LogP contribution in [0.4, 0.5) is 0 Å². The van der Waals surface area contributed by atoms with Gasteiger partial charge in [0.05, 0.1) is 11.1 Å². The van der Waals surface area contributed by atoms with Crippen molar-refractivity contribution in [2.24, 2.45) is 5.73 Å². The zero-order valence-electron chi connectivity index (χ0n) is 8.50. The van der Waals surface area contributed by atoms with Gasteiger partial charge in [-0.3, -0.25) is 0 Å². The number of aromatic nitrogens is 4. The molecule has 2 aromatic rings. The van der Waals surface area contributed by atoms with Crippen LogP contribution in [0.25, 0.3) is 0 Å². The van der Waals surface area contributed by atoms with Crippen molar-refractivity contribution in [1.82, 2.24) is 19.1 Å². The Bertz CT molecular complexity index is 408. The third kappa shape index (κ3) is 2.05. The summed E-state index contributed by atoms with van der Waals surface area (Å²) < 4.78 is 5.88. The number of hydrogen-bond acceptors (Lipinski definition) is 5. The number of nitrogens with two attached hydrogens (primary N) is 1. The molecule has 1 atom stereocenters. The van der Waals surface area contributed by atoms with Gasteiger partial charge in [-0.2, -0.15) is 0 Å². The maximum absolute atomic E-state index is 6.08. The zero-order chi connectivity index (χ0) is 10.7. The molecule has 6 heteroatoms. The van der Waals surface area contributed by atoms with Crippen LogP contribution in [0.15, 0.2) is 18.6 Å². The van der Waals surface area contributed by atoms with Gasteiger partial charge in [0.2, 0.25) is 0 Å². The molecule has 0 aromatic carbocycles. The van der Waals surface area contributed by atoms with Crippen molar-refractivity contribution in [2.75, 3.05) is 0 Å². The Morgan fingerprint density at radius 1 is 1.60 bits per heavy atom. The molecule has 0 saturated heterocycles. The Hall–Kier alpha value is -1.27. The number of imidazole rings is 1. The maximum Gasteiger partial charge on any atom is 0.131 e. The summed E-state index contributed by atoms with van der Waals surface area (Å²) in [4.78, 5) is 5.22. The first kappa shape index (κ1) is 10.3. The summed E-state index contributed by atoms with van der Waals surface area (Å²) in [7, 11) is 0. The molecule has 0 fully saturated rings. The van der Waals surface area contributed by atoms with Gasteiger partial charge in [0, 0.05) is 18.9 Å². The Kier molecular flexibility index (Phi) is 3.08. The molecule has 80 valence electrons. The quantitative estimate of drug-likeness (QED) is 0.845. The van der Waals surface area contributed by atoms with Gasteiger partial charge in [0.1, 0.15) is 11.9 Å². The van der Waals surface area contributed by atoms with Gasteiger partial charge in [-0.05, 0) is 18.0 Å². The first-order valence-corrected chi connectivity index (χ1v) is 5.64. The summed E-state index contributed by atoms with van der Waals surface area (Å²) in [6, 6.07) is -0.216. The highest BCUT2D eigenvalue weighted by Crippen LogP contribution is 2.19. The molecule has 0 saturated carbocycles. The van der Waals surface area contributed by atoms with E-state index in [1.807, 2.05) is 6.20 Å². The van der Waals surface area contributed by atoms with Crippen molar-refractivity contribution in [3.8, 4) is 0 Å². The Labute approximate surface area is 92.1 Å². The SMILES string of the molecule is CCCn1ccnc1C(N)c1cnns1. The number of nitrogens with zero attached hydrogens (tertiary/aromatic N) is 4. The molecule has 0 amide bonds. The van der Waals surface area contributed by atoms with Crippen molar-refractivity contribution in [3.63, 3.8) is 0 Å². The predicted octanol–water partition coefficient (Wildman–Crippen LogP) is 1.19. The fraction of sp³-hybridized carbons (Fsp3) is 0.444. The largest absolute Gasteiger partial charge is 0.333 e. The predicted molar refractivity (Wildman–Crippen MR) is 58.5 cm³/mol. The van der Waals surface area contributed by atoms with Crippen LogP contribution >= 0.6 is 11.5 Å². The van der Waals surface area contributed by atoms with Gasteiger partial charge < -0.3 is 10.3 Å². The smallest absolute Gasteiger partial charge is 0.131 e. The fourth-order valence-electron chi connectivity index (χ4n) is 1.47. The van der Waals surface area contributed by atoms with Gasteiger partial charge in [-0.15, -0.1) is 5.10 Å². The summed E-state index contributed by atoms with van der Waals surface area (Å²) in [5.41, 5.74) is 6.08. The van der Waals surface area contributed by atoms with Crippen LogP contribution in [0.3, 0.4) is 0 Å². The third-order valence-corrected chi connectivity index (χ3v) is 2.92. The number of aryl methyl sites for hydroxylation is 1. The van der Waals surface area contributed by atoms with Crippen LogP contribution in [0.5, 0.6) is 0 Å². The molecule has 0 aliphatic heterocycles. The van der Waals surface area contributed by atoms with E-state index in [1.165, 1.54) is 11.5 Å². The van der Waals surface area contributed by atoms with E-state index in [9.17, 15) is 0 Å². The molecule has 2 rings (SSSR count). The Morgan fingerprint density at radius 3 is 3.13 bits per heavy atom. The average Bonchev–Trinajstić information content (AvgIpc) is 2.87. The van der Waals surface area contributed by atoms with Crippen LogP contribution in [0, 0.1) is 0 Å². The van der Waals surface area contributed by atoms with E-state index in [0.717, 1.165) is 23.7 Å². The molecule has 2 N–H and O–H groups in total. The second kappa shape index (κ2) is 4.50. The molecular formula is C9H13N5S. The van der Waals surface area contributed by atoms with Crippen LogP contribution in [0.2, 0.25) is 0 Å². The highest BCUT2D eigenvalue weighted by molar-refractivity contribution is 7.05. The van der Waals surface area contributed by atoms with Gasteiger partial charge >= 0.3 is 0 Å². The van der Waals surface area contributed by atoms with Crippen molar-refractivity contribution in [2.45, 2.75) is 25.9 Å². The minimum atomic E-state index is -0.216. The summed E-state index contributed by atoms with van der Waals surface area (Å²) in [5.74, 6) is 0.878. The van der Waals surface area contributed by atoms with E-state index in [-0.39, 0.29) is 6.04 Å². The second-order valence-corrected chi connectivity index (χ2v) is 4.09. The molecule has 2 aromatic heterocycles. The molecule has 0 radical (unpaired) electrons. The summed E-state index contributed by atoms with van der Waals surface area (Å²) >= 11 is 1.32. The van der Waals surface area contributed by atoms with Gasteiger partial charge in [-0.25, -0.2) is 4.98 Å². The normalized spacial score (nSPS) is 12.9. The highest BCUT2D eigenvalue weighted by Gasteiger charge is 2.16. The summed E-state index contributed by atoms with van der Waals surface area (Å²) in [6.45, 7) is 3.07. The third-order valence-electron chi connectivity index (χ3n) is 2.18. The van der Waals surface area contributed by atoms with Crippen molar-refractivity contribution < 1.29 is 0 Å². The second-order valence-electron chi connectivity index (χ2n) is 3.28. The molecule has 0 aliphatic rings. The van der Waals surface area contributed by atoms with Crippen LogP contribution in [-0.2, 0) is 6.54 Å². The number of rotatable bonds is 4. The van der Waals surface area contributed by atoms with E-state index in [1.54, 1.807) is 12.4 Å². The first-order valence-electron chi connectivity index (χ1n) is 4.86. The van der Waals surface area contributed by atoms with E-state index < -0.39 is 0 Å². The van der Waals surface area contributed by atoms with Gasteiger partial charge in [-0.1, -0.05) is 11.4 Å². The number of hydrogen-bond donors (Lipinski definition) is 1. The first-order chi connectivity index (χ1) is 7.33. The van der Waals surface area contributed by atoms with Crippen LogP contribution in [-0.4, -0.2) is 19.1 Å². The Morgan fingerprint density at radius 2 is 2.47 bits per heavy atom. The van der Waals surface area contributed by atoms with E-state index in [0.29, 0.717) is 0 Å². The standard InChI is InChI=1S/C9H13N5S/c1-2-4-14-5-3-11-9(14)8(10)7-6-12-13-15-7/h3,5-6,8H,2,4,10H2,1H3. The summed E-state index contributed by atoms with van der Waals surface area (Å²) in [6.07, 6.45) is 6.49. The average molecular weight is 223 g/mol. The lowest BCUT2D eigenvalue weighted by Gasteiger charge is -2.10. The van der Waals surface area contributed by atoms with Gasteiger partial charge in [0.25, 0.3) is 0 Å². The van der Waals surface area contributed by atoms with Gasteiger partial charge in [0.15, 0.2) is 0 Å². The molecule has 5 nitrogen and oxygen atoms in total. The topological polar surface area (TPSA) is 69.6 Å². The fourth-order valence-corrected chi connectivity index (χ4v) is 1.97. The molecule has 1 unspecified atom stereocenters. The van der Waals surface area contributed by atoms with Crippen molar-refractivity contribution in [3.05, 3.63) is 29.3 Å². The maximum atomic E-state index is 6.08. The lowest BCUT2D eigenvalue weighted by atomic mass is 10.2. The molecule has 2 heterocycles. The lowest BCUT2D eigenvalue weighted by molar-refractivity contribution is 0.615. The van der Waals surface area contributed by atoms with E-state index in [2.05, 4.69) is 26.1 Å². The highest BCUT2D eigenvalue weighted by atomic mass is 32.1. The van der Waals surface area contributed by atoms with Crippen LogP contribution in [0.1, 0.15) is 30.1 Å². The molecule has 0 bridgehead atoms. The van der Waals surface area contributed by atoms with E-state index in [4.69, 9.17) is 5.73 Å². The molecule has 15 heavy (non-hydrogen) atoms. The minimum absolute atomic E-state index is 0.216. The molecular weight excluding hydrogens is 210 g/mol.